The van der Waals surface area contributed by atoms with E-state index in [-0.39, 0.29) is 6.04 Å². The van der Waals surface area contributed by atoms with Crippen LogP contribution in [-0.4, -0.2) is 44.6 Å². The van der Waals surface area contributed by atoms with Gasteiger partial charge in [0.15, 0.2) is 0 Å². The molecule has 24 heavy (non-hydrogen) atoms. The van der Waals surface area contributed by atoms with Crippen molar-refractivity contribution < 1.29 is 4.74 Å². The first-order valence-corrected chi connectivity index (χ1v) is 8.06. The lowest BCUT2D eigenvalue weighted by Crippen LogP contribution is -2.39. The van der Waals surface area contributed by atoms with Crippen LogP contribution in [0.5, 0.6) is 0 Å². The maximum Gasteiger partial charge on any atom is 0.126 e. The SMILES string of the molecule is c1cncc(CN2CCOC[C@H]2c2ncc(-c3cccnc3)[nH]2)c1. The van der Waals surface area contributed by atoms with Crippen LogP contribution in [0.2, 0.25) is 0 Å². The highest BCUT2D eigenvalue weighted by Crippen LogP contribution is 2.26. The van der Waals surface area contributed by atoms with Gasteiger partial charge in [0.25, 0.3) is 0 Å². The highest BCUT2D eigenvalue weighted by molar-refractivity contribution is 5.56. The summed E-state index contributed by atoms with van der Waals surface area (Å²) in [7, 11) is 0. The lowest BCUT2D eigenvalue weighted by atomic mass is 10.1. The van der Waals surface area contributed by atoms with E-state index in [1.54, 1.807) is 12.4 Å². The largest absolute Gasteiger partial charge is 0.378 e. The van der Waals surface area contributed by atoms with Crippen molar-refractivity contribution in [2.75, 3.05) is 19.8 Å². The van der Waals surface area contributed by atoms with Gasteiger partial charge in [-0.1, -0.05) is 6.07 Å². The second-order valence-electron chi connectivity index (χ2n) is 5.85. The predicted octanol–water partition coefficient (Wildman–Crippen LogP) is 2.44. The van der Waals surface area contributed by atoms with Crippen LogP contribution in [0.25, 0.3) is 11.3 Å². The molecule has 0 aliphatic carbocycles. The van der Waals surface area contributed by atoms with Gasteiger partial charge in [-0.05, 0) is 23.8 Å². The van der Waals surface area contributed by atoms with Crippen molar-refractivity contribution in [3.8, 4) is 11.3 Å². The second kappa shape index (κ2) is 6.90. The summed E-state index contributed by atoms with van der Waals surface area (Å²) in [6.07, 6.45) is 9.18. The highest BCUT2D eigenvalue weighted by atomic mass is 16.5. The molecular formula is C18H19N5O. The number of ether oxygens (including phenoxy) is 1. The second-order valence-corrected chi connectivity index (χ2v) is 5.85. The molecule has 1 aliphatic rings. The average Bonchev–Trinajstić information content (AvgIpc) is 3.14. The summed E-state index contributed by atoms with van der Waals surface area (Å²) < 4.78 is 5.69. The Morgan fingerprint density at radius 2 is 2.00 bits per heavy atom. The minimum absolute atomic E-state index is 0.115. The van der Waals surface area contributed by atoms with Crippen LogP contribution in [0.4, 0.5) is 0 Å². The Morgan fingerprint density at radius 3 is 2.79 bits per heavy atom. The van der Waals surface area contributed by atoms with Gasteiger partial charge in [0.05, 0.1) is 31.1 Å². The first kappa shape index (κ1) is 15.0. The third kappa shape index (κ3) is 3.20. The molecule has 4 rings (SSSR count). The third-order valence-corrected chi connectivity index (χ3v) is 4.23. The van der Waals surface area contributed by atoms with E-state index in [1.165, 1.54) is 5.56 Å². The summed E-state index contributed by atoms with van der Waals surface area (Å²) >= 11 is 0. The summed E-state index contributed by atoms with van der Waals surface area (Å²) in [6, 6.07) is 8.13. The fourth-order valence-corrected chi connectivity index (χ4v) is 2.98. The van der Waals surface area contributed by atoms with E-state index in [4.69, 9.17) is 4.74 Å². The van der Waals surface area contributed by atoms with E-state index >= 15 is 0 Å². The van der Waals surface area contributed by atoms with E-state index in [9.17, 15) is 0 Å². The Balaban J connectivity index is 1.56. The fraction of sp³-hybridized carbons (Fsp3) is 0.278. The lowest BCUT2D eigenvalue weighted by Gasteiger charge is -2.34. The van der Waals surface area contributed by atoms with E-state index < -0.39 is 0 Å². The summed E-state index contributed by atoms with van der Waals surface area (Å²) in [5, 5.41) is 0. The molecule has 1 N–H and O–H groups in total. The van der Waals surface area contributed by atoms with Crippen molar-refractivity contribution in [3.05, 3.63) is 66.6 Å². The van der Waals surface area contributed by atoms with Crippen molar-refractivity contribution >= 4 is 0 Å². The molecule has 4 heterocycles. The zero-order valence-electron chi connectivity index (χ0n) is 13.3. The number of nitrogens with zero attached hydrogens (tertiary/aromatic N) is 4. The minimum atomic E-state index is 0.115. The molecule has 6 heteroatoms. The number of nitrogens with one attached hydrogen (secondary N) is 1. The number of imidazole rings is 1. The van der Waals surface area contributed by atoms with Crippen LogP contribution >= 0.6 is 0 Å². The molecule has 0 saturated carbocycles. The molecule has 0 amide bonds. The standard InChI is InChI=1S/C18H19N5O/c1-3-14(9-19-5-1)12-23-7-8-24-13-17(23)18-21-11-16(22-18)15-4-2-6-20-10-15/h1-6,9-11,17H,7-8,12-13H2,(H,21,22)/t17-/m0/s1. The molecule has 3 aromatic rings. The quantitative estimate of drug-likeness (QED) is 0.799. The van der Waals surface area contributed by atoms with E-state index in [2.05, 4.69) is 30.9 Å². The number of pyridine rings is 2. The lowest BCUT2D eigenvalue weighted by molar-refractivity contribution is -0.0156. The smallest absolute Gasteiger partial charge is 0.126 e. The first-order chi connectivity index (χ1) is 11.9. The third-order valence-electron chi connectivity index (χ3n) is 4.23. The monoisotopic (exact) mass is 321 g/mol. The van der Waals surface area contributed by atoms with Gasteiger partial charge in [-0.3, -0.25) is 14.9 Å². The number of aromatic amines is 1. The fourth-order valence-electron chi connectivity index (χ4n) is 2.98. The van der Waals surface area contributed by atoms with Gasteiger partial charge in [0, 0.05) is 43.4 Å². The Labute approximate surface area is 140 Å². The molecule has 1 aliphatic heterocycles. The number of aromatic nitrogens is 4. The van der Waals surface area contributed by atoms with Crippen molar-refractivity contribution in [2.45, 2.75) is 12.6 Å². The Hall–Kier alpha value is -2.57. The van der Waals surface area contributed by atoms with Gasteiger partial charge < -0.3 is 9.72 Å². The highest BCUT2D eigenvalue weighted by Gasteiger charge is 2.27. The van der Waals surface area contributed by atoms with E-state index in [0.29, 0.717) is 6.61 Å². The molecule has 0 aromatic carbocycles. The predicted molar refractivity (Wildman–Crippen MR) is 90.0 cm³/mol. The molecule has 3 aromatic heterocycles. The maximum atomic E-state index is 5.69. The molecule has 1 saturated heterocycles. The van der Waals surface area contributed by atoms with Gasteiger partial charge in [-0.25, -0.2) is 4.98 Å². The van der Waals surface area contributed by atoms with Gasteiger partial charge in [0.1, 0.15) is 5.82 Å². The topological polar surface area (TPSA) is 66.9 Å². The number of H-pyrrole nitrogens is 1. The van der Waals surface area contributed by atoms with Gasteiger partial charge in [-0.15, -0.1) is 0 Å². The Bertz CT molecular complexity index is 774. The molecular weight excluding hydrogens is 302 g/mol. The van der Waals surface area contributed by atoms with Crippen LogP contribution in [0.3, 0.4) is 0 Å². The van der Waals surface area contributed by atoms with Crippen LogP contribution in [0, 0.1) is 0 Å². The minimum Gasteiger partial charge on any atom is -0.378 e. The summed E-state index contributed by atoms with van der Waals surface area (Å²) in [6.45, 7) is 3.10. The molecule has 1 atom stereocenters. The van der Waals surface area contributed by atoms with Gasteiger partial charge >= 0.3 is 0 Å². The van der Waals surface area contributed by atoms with Crippen LogP contribution in [0.15, 0.2) is 55.2 Å². The summed E-state index contributed by atoms with van der Waals surface area (Å²) in [4.78, 5) is 18.8. The van der Waals surface area contributed by atoms with Gasteiger partial charge in [-0.2, -0.15) is 0 Å². The molecule has 0 unspecified atom stereocenters. The average molecular weight is 321 g/mol. The molecule has 6 nitrogen and oxygen atoms in total. The Morgan fingerprint density at radius 1 is 1.12 bits per heavy atom. The number of morpholine rings is 1. The molecule has 0 radical (unpaired) electrons. The van der Waals surface area contributed by atoms with Crippen molar-refractivity contribution in [2.24, 2.45) is 0 Å². The summed E-state index contributed by atoms with van der Waals surface area (Å²) in [5.41, 5.74) is 3.21. The molecule has 122 valence electrons. The van der Waals surface area contributed by atoms with Gasteiger partial charge in [0.2, 0.25) is 0 Å². The first-order valence-electron chi connectivity index (χ1n) is 8.06. The van der Waals surface area contributed by atoms with Crippen LogP contribution < -0.4 is 0 Å². The van der Waals surface area contributed by atoms with Crippen molar-refractivity contribution in [3.63, 3.8) is 0 Å². The van der Waals surface area contributed by atoms with E-state index in [0.717, 1.165) is 36.8 Å². The van der Waals surface area contributed by atoms with Crippen LogP contribution in [-0.2, 0) is 11.3 Å². The molecule has 0 bridgehead atoms. The zero-order valence-corrected chi connectivity index (χ0v) is 13.3. The zero-order chi connectivity index (χ0) is 16.2. The van der Waals surface area contributed by atoms with Crippen LogP contribution in [0.1, 0.15) is 17.4 Å². The van der Waals surface area contributed by atoms with E-state index in [1.807, 2.05) is 36.8 Å². The van der Waals surface area contributed by atoms with Crippen molar-refractivity contribution in [1.82, 2.24) is 24.8 Å². The Kier molecular flexibility index (Phi) is 4.31. The molecule has 0 spiro atoms. The number of hydrogen-bond acceptors (Lipinski definition) is 5. The number of rotatable bonds is 4. The maximum absolute atomic E-state index is 5.69. The number of hydrogen-bond donors (Lipinski definition) is 1. The normalized spacial score (nSPS) is 18.6. The van der Waals surface area contributed by atoms with Crippen molar-refractivity contribution in [1.29, 1.82) is 0 Å². The summed E-state index contributed by atoms with van der Waals surface area (Å²) in [5.74, 6) is 0.928. The molecule has 1 fully saturated rings.